The van der Waals surface area contributed by atoms with Crippen molar-refractivity contribution in [3.05, 3.63) is 84.7 Å². The number of pyridine rings is 1. The van der Waals surface area contributed by atoms with E-state index in [9.17, 15) is 0 Å². The molecule has 8 nitrogen and oxygen atoms in total. The van der Waals surface area contributed by atoms with Crippen molar-refractivity contribution in [3.8, 4) is 22.6 Å². The number of nitrogens with two attached hydrogens (primary N) is 2. The van der Waals surface area contributed by atoms with Crippen LogP contribution >= 0.6 is 0 Å². The molecular weight excluding hydrogens is 436 g/mol. The van der Waals surface area contributed by atoms with Crippen LogP contribution in [0.15, 0.2) is 79.1 Å². The number of likely N-dealkylation sites (N-methyl/N-ethyl adjacent to an activating group) is 1. The number of benzene rings is 2. The van der Waals surface area contributed by atoms with Crippen LogP contribution in [0.1, 0.15) is 5.56 Å². The lowest BCUT2D eigenvalue weighted by atomic mass is 10.1. The van der Waals surface area contributed by atoms with Gasteiger partial charge in [-0.2, -0.15) is 0 Å². The molecule has 5 N–H and O–H groups in total. The number of nitrogens with one attached hydrogen (secondary N) is 1. The van der Waals surface area contributed by atoms with Gasteiger partial charge in [0.2, 0.25) is 5.95 Å². The standard InChI is InChI=1S/C27H28N8/c1-34(2)15-12-18-6-5-7-20(16-18)31-27-30-13-11-23(32-27)26-25(19-9-10-21(28)22(29)17-19)33-24-8-3-4-14-35(24)26/h3-11,13-14,16-17H,12,15,28-29H2,1-2H3,(H,30,31,32). The quantitative estimate of drug-likeness (QED) is 0.305. The summed E-state index contributed by atoms with van der Waals surface area (Å²) in [5.41, 5.74) is 19.4. The van der Waals surface area contributed by atoms with Crippen molar-refractivity contribution in [2.24, 2.45) is 0 Å². The van der Waals surface area contributed by atoms with Crippen LogP contribution < -0.4 is 16.8 Å². The number of nitrogen functional groups attached to an aromatic ring is 2. The van der Waals surface area contributed by atoms with Gasteiger partial charge in [0.15, 0.2) is 0 Å². The molecule has 0 fully saturated rings. The fourth-order valence-electron chi connectivity index (χ4n) is 4.00. The first kappa shape index (κ1) is 22.4. The van der Waals surface area contributed by atoms with Gasteiger partial charge in [0.1, 0.15) is 5.65 Å². The highest BCUT2D eigenvalue weighted by molar-refractivity contribution is 5.83. The third-order valence-electron chi connectivity index (χ3n) is 5.82. The van der Waals surface area contributed by atoms with Gasteiger partial charge in [0.25, 0.3) is 0 Å². The fraction of sp³-hybridized carbons (Fsp3) is 0.148. The molecular formula is C27H28N8. The first-order valence-electron chi connectivity index (χ1n) is 11.4. The highest BCUT2D eigenvalue weighted by atomic mass is 15.1. The topological polar surface area (TPSA) is 110 Å². The summed E-state index contributed by atoms with van der Waals surface area (Å²) in [7, 11) is 4.16. The molecule has 35 heavy (non-hydrogen) atoms. The molecule has 0 amide bonds. The van der Waals surface area contributed by atoms with Gasteiger partial charge in [0.05, 0.1) is 28.5 Å². The second-order valence-electron chi connectivity index (χ2n) is 8.73. The van der Waals surface area contributed by atoms with Crippen LogP contribution in [0.4, 0.5) is 23.0 Å². The molecule has 176 valence electrons. The average molecular weight is 465 g/mol. The largest absolute Gasteiger partial charge is 0.397 e. The van der Waals surface area contributed by atoms with Gasteiger partial charge >= 0.3 is 0 Å². The Hall–Kier alpha value is -4.43. The molecule has 0 spiro atoms. The van der Waals surface area contributed by atoms with E-state index in [1.165, 1.54) is 5.56 Å². The van der Waals surface area contributed by atoms with Crippen LogP contribution in [0.2, 0.25) is 0 Å². The number of nitrogens with zero attached hydrogens (tertiary/aromatic N) is 5. The van der Waals surface area contributed by atoms with Crippen molar-refractivity contribution in [1.29, 1.82) is 0 Å². The van der Waals surface area contributed by atoms with Crippen molar-refractivity contribution in [1.82, 2.24) is 24.3 Å². The second kappa shape index (κ2) is 9.44. The van der Waals surface area contributed by atoms with Gasteiger partial charge in [-0.1, -0.05) is 24.3 Å². The molecule has 0 unspecified atom stereocenters. The first-order chi connectivity index (χ1) is 17.0. The Balaban J connectivity index is 1.53. The van der Waals surface area contributed by atoms with Crippen molar-refractivity contribution in [2.45, 2.75) is 6.42 Å². The van der Waals surface area contributed by atoms with E-state index in [0.29, 0.717) is 17.3 Å². The Morgan fingerprint density at radius 3 is 2.63 bits per heavy atom. The lowest BCUT2D eigenvalue weighted by molar-refractivity contribution is 0.413. The molecule has 0 bridgehead atoms. The summed E-state index contributed by atoms with van der Waals surface area (Å²) >= 11 is 0. The Bertz CT molecular complexity index is 1490. The third-order valence-corrected chi connectivity index (χ3v) is 5.82. The Morgan fingerprint density at radius 2 is 1.80 bits per heavy atom. The van der Waals surface area contributed by atoms with Gasteiger partial charge in [0, 0.05) is 30.2 Å². The minimum atomic E-state index is 0.515. The molecule has 0 aliphatic heterocycles. The van der Waals surface area contributed by atoms with Crippen LogP contribution in [-0.4, -0.2) is 44.9 Å². The highest BCUT2D eigenvalue weighted by Gasteiger charge is 2.18. The highest BCUT2D eigenvalue weighted by Crippen LogP contribution is 2.34. The predicted molar refractivity (Wildman–Crippen MR) is 142 cm³/mol. The minimum Gasteiger partial charge on any atom is -0.397 e. The number of hydrogen-bond donors (Lipinski definition) is 3. The van der Waals surface area contributed by atoms with Crippen LogP contribution in [0, 0.1) is 0 Å². The lowest BCUT2D eigenvalue weighted by Gasteiger charge is -2.11. The van der Waals surface area contributed by atoms with E-state index in [1.54, 1.807) is 12.3 Å². The summed E-state index contributed by atoms with van der Waals surface area (Å²) in [5, 5.41) is 3.36. The lowest BCUT2D eigenvalue weighted by Crippen LogP contribution is -2.15. The van der Waals surface area contributed by atoms with E-state index >= 15 is 0 Å². The number of imidazole rings is 1. The van der Waals surface area contributed by atoms with Gasteiger partial charge in [-0.05, 0) is 68.5 Å². The van der Waals surface area contributed by atoms with E-state index in [2.05, 4.69) is 41.4 Å². The van der Waals surface area contributed by atoms with Crippen molar-refractivity contribution in [3.63, 3.8) is 0 Å². The molecule has 8 heteroatoms. The number of hydrogen-bond acceptors (Lipinski definition) is 7. The maximum absolute atomic E-state index is 6.10. The second-order valence-corrected chi connectivity index (χ2v) is 8.73. The molecule has 0 aliphatic rings. The molecule has 5 aromatic rings. The number of rotatable bonds is 7. The number of anilines is 4. The summed E-state index contributed by atoms with van der Waals surface area (Å²) in [6.45, 7) is 0.988. The first-order valence-corrected chi connectivity index (χ1v) is 11.4. The Kier molecular flexibility index (Phi) is 6.03. The normalized spacial score (nSPS) is 11.3. The summed E-state index contributed by atoms with van der Waals surface area (Å²) < 4.78 is 2.02. The summed E-state index contributed by atoms with van der Waals surface area (Å²) in [5.74, 6) is 0.515. The molecule has 3 aromatic heterocycles. The average Bonchev–Trinajstić information content (AvgIpc) is 3.24. The third kappa shape index (κ3) is 4.78. The van der Waals surface area contributed by atoms with E-state index in [1.807, 2.05) is 59.1 Å². The van der Waals surface area contributed by atoms with Gasteiger partial charge < -0.3 is 21.7 Å². The van der Waals surface area contributed by atoms with Crippen LogP contribution in [0.3, 0.4) is 0 Å². The van der Waals surface area contributed by atoms with Crippen molar-refractivity contribution < 1.29 is 0 Å². The van der Waals surface area contributed by atoms with Gasteiger partial charge in [-0.15, -0.1) is 0 Å². The molecule has 5 rings (SSSR count). The maximum Gasteiger partial charge on any atom is 0.227 e. The smallest absolute Gasteiger partial charge is 0.227 e. The van der Waals surface area contributed by atoms with Gasteiger partial charge in [-0.3, -0.25) is 4.40 Å². The monoisotopic (exact) mass is 464 g/mol. The molecule has 2 aromatic carbocycles. The zero-order valence-electron chi connectivity index (χ0n) is 19.8. The molecule has 3 heterocycles. The Morgan fingerprint density at radius 1 is 0.914 bits per heavy atom. The van der Waals surface area contributed by atoms with Crippen LogP contribution in [-0.2, 0) is 6.42 Å². The summed E-state index contributed by atoms with van der Waals surface area (Å²) in [6, 6.07) is 21.7. The zero-order valence-corrected chi connectivity index (χ0v) is 19.8. The summed E-state index contributed by atoms with van der Waals surface area (Å²) in [4.78, 5) is 16.4. The minimum absolute atomic E-state index is 0.515. The Labute approximate surface area is 204 Å². The SMILES string of the molecule is CN(C)CCc1cccc(Nc2nccc(-c3c(-c4ccc(N)c(N)c4)nc4ccccn34)n2)c1. The van der Waals surface area contributed by atoms with E-state index in [0.717, 1.165) is 46.9 Å². The molecule has 0 radical (unpaired) electrons. The molecule has 0 aliphatic carbocycles. The molecule has 0 atom stereocenters. The van der Waals surface area contributed by atoms with E-state index < -0.39 is 0 Å². The summed E-state index contributed by atoms with van der Waals surface area (Å²) in [6.07, 6.45) is 4.70. The van der Waals surface area contributed by atoms with Crippen molar-refractivity contribution >= 4 is 28.7 Å². The number of aromatic nitrogens is 4. The molecule has 0 saturated carbocycles. The van der Waals surface area contributed by atoms with Gasteiger partial charge in [-0.25, -0.2) is 15.0 Å². The number of fused-ring (bicyclic) bond motifs is 1. The predicted octanol–water partition coefficient (Wildman–Crippen LogP) is 4.47. The van der Waals surface area contributed by atoms with Crippen LogP contribution in [0.25, 0.3) is 28.3 Å². The van der Waals surface area contributed by atoms with Crippen molar-refractivity contribution in [2.75, 3.05) is 37.4 Å². The zero-order chi connectivity index (χ0) is 24.4. The fourth-order valence-corrected chi connectivity index (χ4v) is 4.00. The van der Waals surface area contributed by atoms with E-state index in [4.69, 9.17) is 21.4 Å². The maximum atomic E-state index is 6.10. The molecule has 0 saturated heterocycles. The van der Waals surface area contributed by atoms with E-state index in [-0.39, 0.29) is 0 Å². The van der Waals surface area contributed by atoms with Crippen LogP contribution in [0.5, 0.6) is 0 Å².